The average Bonchev–Trinajstić information content (AvgIpc) is 2.55. The van der Waals surface area contributed by atoms with E-state index in [1.807, 2.05) is 50.2 Å². The van der Waals surface area contributed by atoms with Crippen LogP contribution in [0.1, 0.15) is 12.5 Å². The average molecular weight is 331 g/mol. The fourth-order valence-corrected chi connectivity index (χ4v) is 2.28. The van der Waals surface area contributed by atoms with Crippen LogP contribution in [0.5, 0.6) is 11.5 Å². The molecular formula is C17H21N3O2S. The van der Waals surface area contributed by atoms with Gasteiger partial charge in [-0.05, 0) is 49.8 Å². The summed E-state index contributed by atoms with van der Waals surface area (Å²) < 4.78 is 11.0. The highest BCUT2D eigenvalue weighted by Crippen LogP contribution is 2.25. The maximum atomic E-state index is 5.77. The summed E-state index contributed by atoms with van der Waals surface area (Å²) in [5.41, 5.74) is 1.04. The molecule has 0 unspecified atom stereocenters. The van der Waals surface area contributed by atoms with Crippen LogP contribution in [0.4, 0.5) is 5.82 Å². The van der Waals surface area contributed by atoms with E-state index in [2.05, 4.69) is 15.6 Å². The molecule has 1 heterocycles. The van der Waals surface area contributed by atoms with Crippen LogP contribution in [0.3, 0.4) is 0 Å². The highest BCUT2D eigenvalue weighted by molar-refractivity contribution is 7.80. The number of nitrogens with zero attached hydrogens (tertiary/aromatic N) is 1. The Labute approximate surface area is 142 Å². The van der Waals surface area contributed by atoms with Gasteiger partial charge in [-0.1, -0.05) is 18.2 Å². The van der Waals surface area contributed by atoms with E-state index in [1.54, 1.807) is 13.3 Å². The molecule has 0 saturated carbocycles. The topological polar surface area (TPSA) is 55.4 Å². The second kappa shape index (κ2) is 8.33. The van der Waals surface area contributed by atoms with Gasteiger partial charge in [0.15, 0.2) is 16.6 Å². The zero-order chi connectivity index (χ0) is 16.7. The van der Waals surface area contributed by atoms with E-state index in [4.69, 9.17) is 21.7 Å². The van der Waals surface area contributed by atoms with E-state index < -0.39 is 0 Å². The molecule has 1 atom stereocenters. The van der Waals surface area contributed by atoms with Crippen LogP contribution in [-0.4, -0.2) is 29.9 Å². The number of thiocarbonyl (C=S) groups is 1. The standard InChI is InChI=1S/C17H21N3O2S/c1-12-7-6-10-18-16(12)20-17(23)19-13(2)11-22-15-9-5-4-8-14(15)21-3/h4-10,13H,11H2,1-3H3,(H2,18,19,20,23)/t13-/m1/s1. The number of para-hydroxylation sites is 2. The molecule has 0 aliphatic carbocycles. The lowest BCUT2D eigenvalue weighted by molar-refractivity contribution is 0.270. The zero-order valence-corrected chi connectivity index (χ0v) is 14.3. The molecule has 1 aromatic heterocycles. The fourth-order valence-electron chi connectivity index (χ4n) is 1.98. The number of nitrogens with one attached hydrogen (secondary N) is 2. The van der Waals surface area contributed by atoms with Crippen molar-refractivity contribution in [3.8, 4) is 11.5 Å². The van der Waals surface area contributed by atoms with Crippen LogP contribution >= 0.6 is 12.2 Å². The molecule has 122 valence electrons. The minimum Gasteiger partial charge on any atom is -0.493 e. The highest BCUT2D eigenvalue weighted by Gasteiger charge is 2.09. The molecule has 0 radical (unpaired) electrons. The molecule has 0 spiro atoms. The molecule has 2 N–H and O–H groups in total. The van der Waals surface area contributed by atoms with Crippen LogP contribution < -0.4 is 20.1 Å². The van der Waals surface area contributed by atoms with Crippen LogP contribution in [0.25, 0.3) is 0 Å². The van der Waals surface area contributed by atoms with Gasteiger partial charge in [-0.3, -0.25) is 0 Å². The quantitative estimate of drug-likeness (QED) is 0.793. The third-order valence-electron chi connectivity index (χ3n) is 3.18. The highest BCUT2D eigenvalue weighted by atomic mass is 32.1. The lowest BCUT2D eigenvalue weighted by Gasteiger charge is -2.18. The Morgan fingerprint density at radius 2 is 1.96 bits per heavy atom. The minimum absolute atomic E-state index is 0.0314. The molecule has 0 amide bonds. The van der Waals surface area contributed by atoms with Crippen molar-refractivity contribution in [1.29, 1.82) is 0 Å². The second-order valence-electron chi connectivity index (χ2n) is 5.13. The number of pyridine rings is 1. The van der Waals surface area contributed by atoms with Crippen molar-refractivity contribution in [2.75, 3.05) is 19.0 Å². The van der Waals surface area contributed by atoms with Crippen LogP contribution in [-0.2, 0) is 0 Å². The van der Waals surface area contributed by atoms with Gasteiger partial charge in [-0.25, -0.2) is 4.98 Å². The van der Waals surface area contributed by atoms with Gasteiger partial charge in [0.05, 0.1) is 13.2 Å². The molecule has 0 saturated heterocycles. The fraction of sp³-hybridized carbons (Fsp3) is 0.294. The summed E-state index contributed by atoms with van der Waals surface area (Å²) in [5, 5.41) is 6.79. The van der Waals surface area contributed by atoms with Gasteiger partial charge in [-0.2, -0.15) is 0 Å². The Morgan fingerprint density at radius 1 is 1.22 bits per heavy atom. The molecule has 1 aromatic carbocycles. The van der Waals surface area contributed by atoms with Gasteiger partial charge in [0.2, 0.25) is 0 Å². The Bertz CT molecular complexity index is 664. The molecule has 2 aromatic rings. The summed E-state index contributed by atoms with van der Waals surface area (Å²) in [5.74, 6) is 2.18. The van der Waals surface area contributed by atoms with Crippen LogP contribution in [0.2, 0.25) is 0 Å². The van der Waals surface area contributed by atoms with E-state index in [9.17, 15) is 0 Å². The van der Waals surface area contributed by atoms with Crippen molar-refractivity contribution in [2.24, 2.45) is 0 Å². The monoisotopic (exact) mass is 331 g/mol. The summed E-state index contributed by atoms with van der Waals surface area (Å²) >= 11 is 5.31. The molecule has 0 aliphatic rings. The Morgan fingerprint density at radius 3 is 2.65 bits per heavy atom. The number of ether oxygens (including phenoxy) is 2. The SMILES string of the molecule is COc1ccccc1OC[C@@H](C)NC(=S)Nc1ncccc1C. The van der Waals surface area contributed by atoms with Gasteiger partial charge in [0.1, 0.15) is 12.4 Å². The van der Waals surface area contributed by atoms with Crippen molar-refractivity contribution in [3.05, 3.63) is 48.2 Å². The Kier molecular flexibility index (Phi) is 6.17. The van der Waals surface area contributed by atoms with Gasteiger partial charge in [0.25, 0.3) is 0 Å². The lowest BCUT2D eigenvalue weighted by atomic mass is 10.3. The summed E-state index contributed by atoms with van der Waals surface area (Å²) in [4.78, 5) is 4.26. The zero-order valence-electron chi connectivity index (χ0n) is 13.5. The van der Waals surface area contributed by atoms with Crippen molar-refractivity contribution < 1.29 is 9.47 Å². The maximum Gasteiger partial charge on any atom is 0.172 e. The molecule has 0 bridgehead atoms. The molecular weight excluding hydrogens is 310 g/mol. The first-order chi connectivity index (χ1) is 11.1. The lowest BCUT2D eigenvalue weighted by Crippen LogP contribution is -2.39. The number of aromatic nitrogens is 1. The molecule has 2 rings (SSSR count). The van der Waals surface area contributed by atoms with Crippen LogP contribution in [0.15, 0.2) is 42.6 Å². The smallest absolute Gasteiger partial charge is 0.172 e. The van der Waals surface area contributed by atoms with Gasteiger partial charge in [-0.15, -0.1) is 0 Å². The molecule has 0 aliphatic heterocycles. The number of hydrogen-bond acceptors (Lipinski definition) is 4. The first-order valence-corrected chi connectivity index (χ1v) is 7.76. The van der Waals surface area contributed by atoms with Gasteiger partial charge in [0, 0.05) is 6.20 Å². The van der Waals surface area contributed by atoms with E-state index in [0.717, 1.165) is 11.4 Å². The van der Waals surface area contributed by atoms with Crippen molar-refractivity contribution >= 4 is 23.1 Å². The first kappa shape index (κ1) is 17.0. The third-order valence-corrected chi connectivity index (χ3v) is 3.40. The molecule has 0 fully saturated rings. The number of methoxy groups -OCH3 is 1. The number of benzene rings is 1. The number of anilines is 1. The summed E-state index contributed by atoms with van der Waals surface area (Å²) in [6, 6.07) is 11.5. The summed E-state index contributed by atoms with van der Waals surface area (Å²) in [6.07, 6.45) is 1.73. The molecule has 5 nitrogen and oxygen atoms in total. The van der Waals surface area contributed by atoms with Gasteiger partial charge < -0.3 is 20.1 Å². The van der Waals surface area contributed by atoms with E-state index in [0.29, 0.717) is 23.2 Å². The largest absolute Gasteiger partial charge is 0.493 e. The van der Waals surface area contributed by atoms with Crippen LogP contribution in [0, 0.1) is 6.92 Å². The van der Waals surface area contributed by atoms with E-state index in [1.165, 1.54) is 0 Å². The molecule has 23 heavy (non-hydrogen) atoms. The Balaban J connectivity index is 1.83. The number of aryl methyl sites for hydroxylation is 1. The van der Waals surface area contributed by atoms with Crippen molar-refractivity contribution in [3.63, 3.8) is 0 Å². The number of hydrogen-bond donors (Lipinski definition) is 2. The summed E-state index contributed by atoms with van der Waals surface area (Å²) in [7, 11) is 1.62. The van der Waals surface area contributed by atoms with Crippen molar-refractivity contribution in [1.82, 2.24) is 10.3 Å². The predicted molar refractivity (Wildman–Crippen MR) is 96.3 cm³/mol. The van der Waals surface area contributed by atoms with E-state index in [-0.39, 0.29) is 6.04 Å². The van der Waals surface area contributed by atoms with Crippen molar-refractivity contribution in [2.45, 2.75) is 19.9 Å². The van der Waals surface area contributed by atoms with Gasteiger partial charge >= 0.3 is 0 Å². The predicted octanol–water partition coefficient (Wildman–Crippen LogP) is 3.15. The maximum absolute atomic E-state index is 5.77. The first-order valence-electron chi connectivity index (χ1n) is 7.35. The molecule has 6 heteroatoms. The third kappa shape index (κ3) is 5.10. The Hall–Kier alpha value is -2.34. The summed E-state index contributed by atoms with van der Waals surface area (Å²) in [6.45, 7) is 4.43. The minimum atomic E-state index is 0.0314. The normalized spacial score (nSPS) is 11.4. The van der Waals surface area contributed by atoms with E-state index >= 15 is 0 Å². The second-order valence-corrected chi connectivity index (χ2v) is 5.54. The number of rotatable bonds is 6.